The van der Waals surface area contributed by atoms with E-state index in [1.54, 1.807) is 13.0 Å². The second-order valence-electron chi connectivity index (χ2n) is 20.4. The molecule has 1 spiro atoms. The van der Waals surface area contributed by atoms with Crippen molar-refractivity contribution in [2.24, 2.45) is 23.7 Å². The molecule has 8 rings (SSSR count). The van der Waals surface area contributed by atoms with Gasteiger partial charge in [0.25, 0.3) is 0 Å². The van der Waals surface area contributed by atoms with Gasteiger partial charge in [-0.15, -0.1) is 0 Å². The molecule has 0 amide bonds. The monoisotopic (exact) mass is 871 g/mol. The maximum atomic E-state index is 16.4. The lowest BCUT2D eigenvalue weighted by atomic mass is 9.43. The fraction of sp³-hybridized carbons (Fsp3) is 0.667. The summed E-state index contributed by atoms with van der Waals surface area (Å²) < 4.78 is 26.9. The van der Waals surface area contributed by atoms with Crippen LogP contribution in [0, 0.1) is 23.7 Å². The van der Waals surface area contributed by atoms with Gasteiger partial charge in [-0.1, -0.05) is 43.2 Å². The van der Waals surface area contributed by atoms with Crippen molar-refractivity contribution in [2.75, 3.05) is 86.7 Å². The number of benzene rings is 1. The van der Waals surface area contributed by atoms with Gasteiger partial charge in [-0.3, -0.25) is 19.4 Å². The molecule has 1 N–H and O–H groups in total. The number of fused-ring (bicyclic) bond motifs is 4. The standard InChI is InChI=1S/C51H74N4O8/c1-32(2)13-12-18-49(8)19-17-37-44(62-49)36(15-14-33(3)4)46-40(45(37)61-30-29-54-25-21-52(9)22-26-54)43(56)41-42(55-27-23-53(10)24-28-55)38-31-39(34(5)6)51(41,63-46)50(59,47(38)57)20-16-35(7)48(58)60-11/h13-14,16-17,19,34,38-39,41-42,59H,12,15,18,20-31H2,1-11H3/b35-16-. The Labute approximate surface area is 376 Å². The molecule has 0 radical (unpaired) electrons. The molecule has 12 heteroatoms. The Morgan fingerprint density at radius 2 is 1.57 bits per heavy atom. The number of ether oxygens (including phenoxy) is 4. The Balaban J connectivity index is 1.48. The summed E-state index contributed by atoms with van der Waals surface area (Å²) in [7, 11) is 5.55. The fourth-order valence-corrected chi connectivity index (χ4v) is 11.3. The first-order valence-corrected chi connectivity index (χ1v) is 23.4. The summed E-state index contributed by atoms with van der Waals surface area (Å²) >= 11 is 0. The maximum Gasteiger partial charge on any atom is 0.333 e. The largest absolute Gasteiger partial charge is 0.491 e. The molecule has 1 aromatic carbocycles. The van der Waals surface area contributed by atoms with Crippen LogP contribution in [0.3, 0.4) is 0 Å². The van der Waals surface area contributed by atoms with E-state index >= 15 is 9.59 Å². The van der Waals surface area contributed by atoms with Crippen LogP contribution in [0.25, 0.3) is 6.08 Å². The van der Waals surface area contributed by atoms with Gasteiger partial charge in [-0.25, -0.2) is 4.79 Å². The number of methoxy groups -OCH3 is 1. The second-order valence-corrected chi connectivity index (χ2v) is 20.4. The molecule has 0 aromatic heterocycles. The number of hydrogen-bond donors (Lipinski definition) is 1. The number of esters is 1. The van der Waals surface area contributed by atoms with Crippen LogP contribution < -0.4 is 14.2 Å². The lowest BCUT2D eigenvalue weighted by Crippen LogP contribution is -2.85. The van der Waals surface area contributed by atoms with Crippen molar-refractivity contribution in [1.82, 2.24) is 19.6 Å². The molecule has 346 valence electrons. The molecule has 4 aliphatic heterocycles. The number of hydrogen-bond acceptors (Lipinski definition) is 12. The number of ketones is 2. The molecular weight excluding hydrogens is 797 g/mol. The quantitative estimate of drug-likeness (QED) is 0.127. The van der Waals surface area contributed by atoms with Gasteiger partial charge >= 0.3 is 5.97 Å². The Kier molecular flexibility index (Phi) is 13.9. The highest BCUT2D eigenvalue weighted by Gasteiger charge is 2.79. The van der Waals surface area contributed by atoms with Gasteiger partial charge in [0.2, 0.25) is 0 Å². The molecule has 12 nitrogen and oxygen atoms in total. The van der Waals surface area contributed by atoms with Crippen molar-refractivity contribution in [3.63, 3.8) is 0 Å². The normalized spacial score (nSPS) is 31.2. The van der Waals surface area contributed by atoms with Crippen LogP contribution in [0.1, 0.15) is 103 Å². The smallest absolute Gasteiger partial charge is 0.333 e. The van der Waals surface area contributed by atoms with Crippen LogP contribution >= 0.6 is 0 Å². The van der Waals surface area contributed by atoms with Crippen LogP contribution in [0.15, 0.2) is 41.0 Å². The van der Waals surface area contributed by atoms with Crippen molar-refractivity contribution < 1.29 is 38.4 Å². The molecule has 3 saturated carbocycles. The highest BCUT2D eigenvalue weighted by Crippen LogP contribution is 2.65. The van der Waals surface area contributed by atoms with Gasteiger partial charge in [-0.2, -0.15) is 0 Å². The van der Waals surface area contributed by atoms with Gasteiger partial charge in [0.15, 0.2) is 22.8 Å². The van der Waals surface area contributed by atoms with Crippen molar-refractivity contribution in [2.45, 2.75) is 110 Å². The molecule has 7 aliphatic rings. The summed E-state index contributed by atoms with van der Waals surface area (Å²) in [6.07, 6.45) is 12.3. The SMILES string of the molecule is COC(=O)/C(C)=C\CC1(O)C(=O)C2CC(C(C)C)C13Oc1c(CC=C(C)C)c4c(c(OCCN5CCN(C)CC5)c1C(=O)C3C2N1CCN(C)CC1)C=CC(C)(CCC=C(C)C)O4. The van der Waals surface area contributed by atoms with E-state index < -0.39 is 40.7 Å². The minimum atomic E-state index is -2.15. The molecule has 7 unspecified atom stereocenters. The Morgan fingerprint density at radius 1 is 0.921 bits per heavy atom. The summed E-state index contributed by atoms with van der Waals surface area (Å²) in [6.45, 7) is 24.0. The number of piperazine rings is 2. The van der Waals surface area contributed by atoms with E-state index in [1.807, 2.05) is 13.8 Å². The number of carbonyl (C=O) groups excluding carboxylic acids is 3. The first-order chi connectivity index (χ1) is 29.9. The predicted octanol–water partition coefficient (Wildman–Crippen LogP) is 6.39. The van der Waals surface area contributed by atoms with Gasteiger partial charge in [0.1, 0.15) is 35.0 Å². The Hall–Kier alpha value is -3.81. The number of allylic oxidation sites excluding steroid dienone is 4. The Bertz CT molecular complexity index is 2050. The molecule has 2 saturated heterocycles. The maximum absolute atomic E-state index is 16.4. The molecule has 1 aromatic rings. The molecule has 3 aliphatic carbocycles. The number of rotatable bonds is 14. The topological polar surface area (TPSA) is 121 Å². The number of nitrogens with zero attached hydrogens (tertiary/aromatic N) is 4. The summed E-state index contributed by atoms with van der Waals surface area (Å²) in [4.78, 5) is 53.9. The highest BCUT2D eigenvalue weighted by atomic mass is 16.5. The average molecular weight is 871 g/mol. The van der Waals surface area contributed by atoms with E-state index in [2.05, 4.69) is 92.6 Å². The van der Waals surface area contributed by atoms with Gasteiger partial charge in [-0.05, 0) is 99.4 Å². The predicted molar refractivity (Wildman–Crippen MR) is 247 cm³/mol. The van der Waals surface area contributed by atoms with E-state index in [4.69, 9.17) is 18.9 Å². The van der Waals surface area contributed by atoms with Crippen LogP contribution in [0.2, 0.25) is 0 Å². The van der Waals surface area contributed by atoms with Gasteiger partial charge < -0.3 is 33.9 Å². The van der Waals surface area contributed by atoms with Crippen molar-refractivity contribution in [1.29, 1.82) is 0 Å². The third-order valence-electron chi connectivity index (χ3n) is 15.0. The zero-order valence-electron chi connectivity index (χ0n) is 40.0. The highest BCUT2D eigenvalue weighted by molar-refractivity contribution is 6.10. The van der Waals surface area contributed by atoms with E-state index in [0.29, 0.717) is 67.5 Å². The van der Waals surface area contributed by atoms with Crippen LogP contribution in [0.4, 0.5) is 0 Å². The van der Waals surface area contributed by atoms with E-state index in [-0.39, 0.29) is 35.4 Å². The van der Waals surface area contributed by atoms with Crippen molar-refractivity contribution in [3.8, 4) is 17.2 Å². The molecule has 7 atom stereocenters. The zero-order valence-corrected chi connectivity index (χ0v) is 40.0. The zero-order chi connectivity index (χ0) is 45.6. The molecule has 63 heavy (non-hydrogen) atoms. The first-order valence-electron chi connectivity index (χ1n) is 23.4. The molecular formula is C51H74N4O8. The molecule has 5 fully saturated rings. The minimum Gasteiger partial charge on any atom is -0.491 e. The van der Waals surface area contributed by atoms with Crippen LogP contribution in [-0.4, -0.2) is 152 Å². The fourth-order valence-electron chi connectivity index (χ4n) is 11.3. The van der Waals surface area contributed by atoms with E-state index in [0.717, 1.165) is 63.2 Å². The lowest BCUT2D eigenvalue weighted by Gasteiger charge is -2.68. The third-order valence-corrected chi connectivity index (χ3v) is 15.0. The average Bonchev–Trinajstić information content (AvgIpc) is 3.24. The summed E-state index contributed by atoms with van der Waals surface area (Å²) in [5.41, 5.74) is -0.111. The van der Waals surface area contributed by atoms with Crippen molar-refractivity contribution >= 4 is 23.6 Å². The summed E-state index contributed by atoms with van der Waals surface area (Å²) in [5, 5.41) is 13.5. The molecule has 2 bridgehead atoms. The minimum absolute atomic E-state index is 0.0705. The Morgan fingerprint density at radius 3 is 2.19 bits per heavy atom. The van der Waals surface area contributed by atoms with Crippen molar-refractivity contribution in [3.05, 3.63) is 57.7 Å². The second kappa shape index (κ2) is 18.6. The summed E-state index contributed by atoms with van der Waals surface area (Å²) in [5.74, 6) is -1.68. The number of carbonyl (C=O) groups is 3. The van der Waals surface area contributed by atoms with E-state index in [9.17, 15) is 9.90 Å². The summed E-state index contributed by atoms with van der Waals surface area (Å²) in [6, 6.07) is -0.506. The lowest BCUT2D eigenvalue weighted by molar-refractivity contribution is -0.254. The van der Waals surface area contributed by atoms with Crippen LogP contribution in [0.5, 0.6) is 17.2 Å². The number of likely N-dealkylation sites (N-methyl/N-ethyl adjacent to an activating group) is 2. The first kappa shape index (κ1) is 47.2. The number of aliphatic hydroxyl groups is 1. The van der Waals surface area contributed by atoms with Gasteiger partial charge in [0, 0.05) is 94.3 Å². The third kappa shape index (κ3) is 8.72. The van der Waals surface area contributed by atoms with Crippen LogP contribution in [-0.2, 0) is 20.7 Å². The molecule has 4 heterocycles. The van der Waals surface area contributed by atoms with Gasteiger partial charge in [0.05, 0.1) is 18.6 Å². The number of Topliss-reactive ketones (excluding diaryl/α,β-unsaturated/α-hetero) is 2. The van der Waals surface area contributed by atoms with E-state index in [1.165, 1.54) is 12.7 Å².